The second-order valence-corrected chi connectivity index (χ2v) is 6.28. The summed E-state index contributed by atoms with van der Waals surface area (Å²) in [4.78, 5) is 13.8. The van der Waals surface area contributed by atoms with Gasteiger partial charge in [0.15, 0.2) is 0 Å². The Hall–Kier alpha value is -0.660. The lowest BCUT2D eigenvalue weighted by molar-refractivity contribution is 0.0998. The van der Waals surface area contributed by atoms with Crippen LogP contribution in [0, 0.1) is 3.57 Å². The van der Waals surface area contributed by atoms with Crippen molar-refractivity contribution >= 4 is 28.5 Å². The molecule has 4 nitrogen and oxygen atoms in total. The zero-order valence-corrected chi connectivity index (χ0v) is 13.1. The van der Waals surface area contributed by atoms with Crippen molar-refractivity contribution in [3.63, 3.8) is 0 Å². The summed E-state index contributed by atoms with van der Waals surface area (Å²) in [6.07, 6.45) is 4.36. The molecule has 1 atom stereocenters. The minimum atomic E-state index is -0.378. The van der Waals surface area contributed by atoms with Crippen LogP contribution < -0.4 is 11.5 Å². The molecular formula is C14H20IN3O. The molecule has 1 aliphatic rings. The van der Waals surface area contributed by atoms with E-state index in [1.54, 1.807) is 6.07 Å². The van der Waals surface area contributed by atoms with Gasteiger partial charge in [-0.15, -0.1) is 0 Å². The summed E-state index contributed by atoms with van der Waals surface area (Å²) < 4.78 is 1.10. The van der Waals surface area contributed by atoms with Crippen molar-refractivity contribution in [1.29, 1.82) is 0 Å². The second-order valence-electron chi connectivity index (χ2n) is 5.03. The molecule has 0 aliphatic carbocycles. The van der Waals surface area contributed by atoms with E-state index in [9.17, 15) is 4.79 Å². The summed E-state index contributed by atoms with van der Waals surface area (Å²) in [5.74, 6) is -0.378. The predicted molar refractivity (Wildman–Crippen MR) is 84.8 cm³/mol. The molecule has 0 bridgehead atoms. The number of piperidine rings is 1. The molecule has 1 amide bonds. The number of likely N-dealkylation sites (tertiary alicyclic amines) is 1. The second kappa shape index (κ2) is 6.67. The molecule has 104 valence electrons. The van der Waals surface area contributed by atoms with Gasteiger partial charge in [-0.05, 0) is 72.3 Å². The Morgan fingerprint density at radius 3 is 2.63 bits per heavy atom. The first-order valence-electron chi connectivity index (χ1n) is 6.66. The Balaban J connectivity index is 2.12. The van der Waals surface area contributed by atoms with E-state index in [4.69, 9.17) is 11.5 Å². The van der Waals surface area contributed by atoms with Gasteiger partial charge in [0.1, 0.15) is 0 Å². The number of amides is 1. The molecule has 2 rings (SSSR count). The molecule has 1 aromatic carbocycles. The lowest BCUT2D eigenvalue weighted by atomic mass is 10.0. The Labute approximate surface area is 127 Å². The van der Waals surface area contributed by atoms with Gasteiger partial charge >= 0.3 is 0 Å². The van der Waals surface area contributed by atoms with Crippen LogP contribution >= 0.6 is 22.6 Å². The van der Waals surface area contributed by atoms with Crippen LogP contribution in [0.3, 0.4) is 0 Å². The Morgan fingerprint density at radius 1 is 1.32 bits per heavy atom. The average molecular weight is 373 g/mol. The van der Waals surface area contributed by atoms with Crippen LogP contribution in [0.1, 0.15) is 35.2 Å². The molecule has 1 fully saturated rings. The zero-order chi connectivity index (χ0) is 13.8. The fraction of sp³-hybridized carbons (Fsp3) is 0.500. The highest BCUT2D eigenvalue weighted by molar-refractivity contribution is 14.1. The third-order valence-corrected chi connectivity index (χ3v) is 4.29. The fourth-order valence-corrected chi connectivity index (χ4v) is 3.13. The molecule has 0 aromatic heterocycles. The van der Waals surface area contributed by atoms with Crippen LogP contribution in [0.25, 0.3) is 0 Å². The number of nitrogens with two attached hydrogens (primary N) is 2. The summed E-state index contributed by atoms with van der Waals surface area (Å²) in [5, 5.41) is 0. The molecule has 1 heterocycles. The molecule has 1 aliphatic heterocycles. The number of nitrogens with zero attached hydrogens (tertiary/aromatic N) is 1. The zero-order valence-electron chi connectivity index (χ0n) is 10.9. The van der Waals surface area contributed by atoms with Crippen molar-refractivity contribution < 1.29 is 4.79 Å². The lowest BCUT2D eigenvalue weighted by Gasteiger charge is -2.32. The monoisotopic (exact) mass is 373 g/mol. The summed E-state index contributed by atoms with van der Waals surface area (Å²) in [6, 6.07) is 5.70. The van der Waals surface area contributed by atoms with E-state index in [1.807, 2.05) is 12.1 Å². The van der Waals surface area contributed by atoms with Crippen LogP contribution in [0.2, 0.25) is 0 Å². The molecule has 0 radical (unpaired) electrons. The van der Waals surface area contributed by atoms with Crippen molar-refractivity contribution in [3.8, 4) is 0 Å². The van der Waals surface area contributed by atoms with Gasteiger partial charge < -0.3 is 11.5 Å². The summed E-state index contributed by atoms with van der Waals surface area (Å²) in [7, 11) is 0. The van der Waals surface area contributed by atoms with E-state index in [0.717, 1.165) is 22.2 Å². The van der Waals surface area contributed by atoms with E-state index < -0.39 is 0 Å². The van der Waals surface area contributed by atoms with Crippen LogP contribution in [-0.4, -0.2) is 30.1 Å². The van der Waals surface area contributed by atoms with Crippen LogP contribution in [-0.2, 0) is 6.42 Å². The van der Waals surface area contributed by atoms with Crippen molar-refractivity contribution in [1.82, 2.24) is 4.90 Å². The van der Waals surface area contributed by atoms with Crippen LogP contribution in [0.15, 0.2) is 18.2 Å². The third-order valence-electron chi connectivity index (χ3n) is 3.62. The Morgan fingerprint density at radius 2 is 2.00 bits per heavy atom. The number of hydrogen-bond donors (Lipinski definition) is 2. The number of rotatable bonds is 4. The highest BCUT2D eigenvalue weighted by Crippen LogP contribution is 2.18. The van der Waals surface area contributed by atoms with E-state index in [2.05, 4.69) is 27.5 Å². The summed E-state index contributed by atoms with van der Waals surface area (Å²) in [6.45, 7) is 2.11. The Bertz CT molecular complexity index is 458. The van der Waals surface area contributed by atoms with Gasteiger partial charge in [0.25, 0.3) is 0 Å². The van der Waals surface area contributed by atoms with Gasteiger partial charge in [-0.2, -0.15) is 0 Å². The van der Waals surface area contributed by atoms with Gasteiger partial charge in [0.05, 0.1) is 6.17 Å². The average Bonchev–Trinajstić information content (AvgIpc) is 2.39. The van der Waals surface area contributed by atoms with Gasteiger partial charge in [-0.1, -0.05) is 6.42 Å². The molecule has 1 saturated heterocycles. The number of halogens is 1. The quantitative estimate of drug-likeness (QED) is 0.790. The highest BCUT2D eigenvalue weighted by Gasteiger charge is 2.19. The summed E-state index contributed by atoms with van der Waals surface area (Å²) in [5.41, 5.74) is 13.2. The maximum Gasteiger partial charge on any atom is 0.248 e. The first kappa shape index (κ1) is 14.7. The molecule has 0 saturated carbocycles. The van der Waals surface area contributed by atoms with Gasteiger partial charge in [0.2, 0.25) is 5.91 Å². The van der Waals surface area contributed by atoms with Crippen molar-refractivity contribution in [3.05, 3.63) is 32.9 Å². The maximum atomic E-state index is 11.5. The summed E-state index contributed by atoms with van der Waals surface area (Å²) >= 11 is 2.24. The van der Waals surface area contributed by atoms with E-state index in [1.165, 1.54) is 19.3 Å². The molecule has 1 unspecified atom stereocenters. The topological polar surface area (TPSA) is 72.3 Å². The molecular weight excluding hydrogens is 353 g/mol. The fourth-order valence-electron chi connectivity index (χ4n) is 2.58. The predicted octanol–water partition coefficient (Wildman–Crippen LogP) is 1.70. The van der Waals surface area contributed by atoms with Crippen molar-refractivity contribution in [2.24, 2.45) is 11.5 Å². The minimum Gasteiger partial charge on any atom is -0.366 e. The lowest BCUT2D eigenvalue weighted by Crippen LogP contribution is -2.46. The van der Waals surface area contributed by atoms with E-state index in [-0.39, 0.29) is 12.1 Å². The SMILES string of the molecule is NC(=O)c1ccc(I)cc1CC(N)N1CCCCC1. The van der Waals surface area contributed by atoms with Crippen molar-refractivity contribution in [2.75, 3.05) is 13.1 Å². The number of hydrogen-bond acceptors (Lipinski definition) is 3. The molecule has 19 heavy (non-hydrogen) atoms. The Kier molecular flexibility index (Phi) is 5.18. The smallest absolute Gasteiger partial charge is 0.248 e. The first-order valence-corrected chi connectivity index (χ1v) is 7.73. The molecule has 5 heteroatoms. The third kappa shape index (κ3) is 3.90. The normalized spacial score (nSPS) is 18.2. The highest BCUT2D eigenvalue weighted by atomic mass is 127. The van der Waals surface area contributed by atoms with Crippen LogP contribution in [0.5, 0.6) is 0 Å². The van der Waals surface area contributed by atoms with Crippen molar-refractivity contribution in [2.45, 2.75) is 31.8 Å². The number of carbonyl (C=O) groups excluding carboxylic acids is 1. The number of benzene rings is 1. The number of carbonyl (C=O) groups is 1. The van der Waals surface area contributed by atoms with Gasteiger partial charge in [-0.3, -0.25) is 9.69 Å². The molecule has 1 aromatic rings. The first-order chi connectivity index (χ1) is 9.08. The largest absolute Gasteiger partial charge is 0.366 e. The van der Waals surface area contributed by atoms with Crippen LogP contribution in [0.4, 0.5) is 0 Å². The molecule has 4 N–H and O–H groups in total. The number of primary amides is 1. The standard InChI is InChI=1S/C14H20IN3O/c15-11-4-5-12(14(17)19)10(8-11)9-13(16)18-6-2-1-3-7-18/h4-5,8,13H,1-3,6-7,9,16H2,(H2,17,19). The minimum absolute atomic E-state index is 0.0309. The maximum absolute atomic E-state index is 11.5. The van der Waals surface area contributed by atoms with E-state index in [0.29, 0.717) is 12.0 Å². The van der Waals surface area contributed by atoms with Gasteiger partial charge in [0, 0.05) is 15.6 Å². The van der Waals surface area contributed by atoms with Gasteiger partial charge in [-0.25, -0.2) is 0 Å². The molecule has 0 spiro atoms. The van der Waals surface area contributed by atoms with E-state index >= 15 is 0 Å².